The summed E-state index contributed by atoms with van der Waals surface area (Å²) in [5, 5.41) is 16.3. The molecule has 0 saturated carbocycles. The number of urea groups is 1. The average molecular weight is 473 g/mol. The van der Waals surface area contributed by atoms with Crippen molar-refractivity contribution in [2.24, 2.45) is 4.99 Å². The summed E-state index contributed by atoms with van der Waals surface area (Å²) in [4.78, 5) is 21.0. The van der Waals surface area contributed by atoms with E-state index in [1.807, 2.05) is 67.7 Å². The number of hydrogen-bond donors (Lipinski definition) is 2. The van der Waals surface area contributed by atoms with Crippen molar-refractivity contribution in [2.45, 2.75) is 13.0 Å². The largest absolute Gasteiger partial charge is 0.331 e. The highest BCUT2D eigenvalue weighted by Gasteiger charge is 2.33. The Bertz CT molecular complexity index is 1210. The summed E-state index contributed by atoms with van der Waals surface area (Å²) < 4.78 is 0. The molecule has 4 rings (SSSR count). The smallest absolute Gasteiger partial charge is 0.321 e. The molecule has 0 spiro atoms. The number of halogens is 1. The van der Waals surface area contributed by atoms with Gasteiger partial charge in [-0.3, -0.25) is 0 Å². The zero-order valence-electron chi connectivity index (χ0n) is 18.8. The number of para-hydroxylation sites is 1. The van der Waals surface area contributed by atoms with Gasteiger partial charge in [0.05, 0.1) is 6.04 Å². The molecule has 1 aliphatic rings. The topological polar surface area (TPSA) is 83.8 Å². The first-order valence-electron chi connectivity index (χ1n) is 11.0. The number of hydrogen-bond acceptors (Lipinski definition) is 3. The molecular weight excluding hydrogens is 448 g/mol. The van der Waals surface area contributed by atoms with E-state index in [9.17, 15) is 10.1 Å². The van der Waals surface area contributed by atoms with Crippen molar-refractivity contribution in [3.63, 3.8) is 0 Å². The Labute approximate surface area is 204 Å². The van der Waals surface area contributed by atoms with Gasteiger partial charge in [0.2, 0.25) is 12.2 Å². The molecule has 1 saturated heterocycles. The van der Waals surface area contributed by atoms with Gasteiger partial charge in [-0.1, -0.05) is 60.1 Å². The second-order valence-electron chi connectivity index (χ2n) is 7.98. The molecule has 1 aliphatic heterocycles. The van der Waals surface area contributed by atoms with Gasteiger partial charge in [0.15, 0.2) is 0 Å². The fourth-order valence-corrected chi connectivity index (χ4v) is 4.09. The number of nitrogens with zero attached hydrogens (tertiary/aromatic N) is 4. The van der Waals surface area contributed by atoms with Gasteiger partial charge in [-0.25, -0.2) is 4.79 Å². The monoisotopic (exact) mass is 472 g/mol. The summed E-state index contributed by atoms with van der Waals surface area (Å²) in [6, 6.07) is 24.4. The lowest BCUT2D eigenvalue weighted by Gasteiger charge is -2.43. The SMILES string of the molecule is Cc1ccccc1N/C(=N/C#N)N1CCN(C(=O)Nc2ccc(Cl)cc2)CC1c1ccccc1. The average Bonchev–Trinajstić information content (AvgIpc) is 2.86. The van der Waals surface area contributed by atoms with Crippen LogP contribution in [0.4, 0.5) is 16.2 Å². The van der Waals surface area contributed by atoms with Gasteiger partial charge >= 0.3 is 6.03 Å². The molecule has 0 aromatic heterocycles. The first kappa shape index (κ1) is 23.1. The number of amides is 2. The lowest BCUT2D eigenvalue weighted by molar-refractivity contribution is 0.144. The number of piperazine rings is 1. The molecule has 0 bridgehead atoms. The van der Waals surface area contributed by atoms with Crippen molar-refractivity contribution < 1.29 is 4.79 Å². The summed E-state index contributed by atoms with van der Waals surface area (Å²) in [6.07, 6.45) is 1.93. The fourth-order valence-electron chi connectivity index (χ4n) is 3.96. The Morgan fingerprint density at radius 2 is 1.71 bits per heavy atom. The van der Waals surface area contributed by atoms with Crippen LogP contribution in [0, 0.1) is 18.4 Å². The molecule has 2 amide bonds. The summed E-state index contributed by atoms with van der Waals surface area (Å²) >= 11 is 5.95. The van der Waals surface area contributed by atoms with E-state index in [-0.39, 0.29) is 12.1 Å². The maximum atomic E-state index is 13.0. The first-order valence-corrected chi connectivity index (χ1v) is 11.4. The van der Waals surface area contributed by atoms with Crippen LogP contribution in [-0.4, -0.2) is 41.4 Å². The third kappa shape index (κ3) is 5.48. The minimum atomic E-state index is -0.187. The number of aliphatic imine (C=N–C) groups is 1. The number of anilines is 2. The van der Waals surface area contributed by atoms with E-state index in [4.69, 9.17) is 11.6 Å². The van der Waals surface area contributed by atoms with Crippen LogP contribution in [0.1, 0.15) is 17.2 Å². The Hall–Kier alpha value is -4.02. The maximum absolute atomic E-state index is 13.0. The highest BCUT2D eigenvalue weighted by molar-refractivity contribution is 6.30. The zero-order valence-corrected chi connectivity index (χ0v) is 19.5. The van der Waals surface area contributed by atoms with Gasteiger partial charge < -0.3 is 20.4 Å². The van der Waals surface area contributed by atoms with Crippen molar-refractivity contribution >= 4 is 35.0 Å². The zero-order chi connectivity index (χ0) is 23.9. The van der Waals surface area contributed by atoms with E-state index >= 15 is 0 Å². The van der Waals surface area contributed by atoms with Gasteiger partial charge in [0, 0.05) is 36.0 Å². The Morgan fingerprint density at radius 1 is 1.00 bits per heavy atom. The number of guanidine groups is 1. The second-order valence-corrected chi connectivity index (χ2v) is 8.41. The number of nitrogens with one attached hydrogen (secondary N) is 2. The first-order chi connectivity index (χ1) is 16.5. The minimum absolute atomic E-state index is 0.186. The number of carbonyl (C=O) groups is 1. The molecule has 1 unspecified atom stereocenters. The summed E-state index contributed by atoms with van der Waals surface area (Å²) in [6.45, 7) is 3.42. The molecule has 1 heterocycles. The van der Waals surface area contributed by atoms with E-state index < -0.39 is 0 Å². The number of rotatable bonds is 3. The van der Waals surface area contributed by atoms with Crippen LogP contribution in [0.5, 0.6) is 0 Å². The number of aryl methyl sites for hydroxylation is 1. The molecule has 0 aliphatic carbocycles. The summed E-state index contributed by atoms with van der Waals surface area (Å²) in [7, 11) is 0. The summed E-state index contributed by atoms with van der Waals surface area (Å²) in [5.74, 6) is 0.461. The third-order valence-electron chi connectivity index (χ3n) is 5.77. The van der Waals surface area contributed by atoms with Crippen LogP contribution in [0.25, 0.3) is 0 Å². The predicted molar refractivity (Wildman–Crippen MR) is 136 cm³/mol. The van der Waals surface area contributed by atoms with E-state index in [0.29, 0.717) is 36.3 Å². The lowest BCUT2D eigenvalue weighted by Crippen LogP contribution is -2.54. The molecule has 1 fully saturated rings. The van der Waals surface area contributed by atoms with Crippen molar-refractivity contribution in [3.8, 4) is 6.19 Å². The standard InChI is InChI=1S/C26H25ClN6O/c1-19-7-5-6-10-23(19)31-25(29-18-28)33-16-15-32(17-24(33)20-8-3-2-4-9-20)26(34)30-22-13-11-21(27)12-14-22/h2-14,24H,15-17H2,1H3,(H,29,31)(H,30,34). The highest BCUT2D eigenvalue weighted by atomic mass is 35.5. The predicted octanol–water partition coefficient (Wildman–Crippen LogP) is 5.49. The van der Waals surface area contributed by atoms with Crippen molar-refractivity contribution in [1.29, 1.82) is 5.26 Å². The van der Waals surface area contributed by atoms with Gasteiger partial charge in [-0.05, 0) is 48.4 Å². The molecule has 2 N–H and O–H groups in total. The molecule has 8 heteroatoms. The Morgan fingerprint density at radius 3 is 2.41 bits per heavy atom. The van der Waals surface area contributed by atoms with E-state index in [2.05, 4.69) is 20.5 Å². The molecule has 3 aromatic rings. The molecule has 0 radical (unpaired) electrons. The molecule has 7 nitrogen and oxygen atoms in total. The lowest BCUT2D eigenvalue weighted by atomic mass is 10.0. The summed E-state index contributed by atoms with van der Waals surface area (Å²) in [5.41, 5.74) is 3.64. The van der Waals surface area contributed by atoms with Gasteiger partial charge in [0.1, 0.15) is 0 Å². The van der Waals surface area contributed by atoms with Crippen LogP contribution in [0.15, 0.2) is 83.9 Å². The Balaban J connectivity index is 1.58. The van der Waals surface area contributed by atoms with Gasteiger partial charge in [-0.15, -0.1) is 4.99 Å². The van der Waals surface area contributed by atoms with Crippen LogP contribution < -0.4 is 10.6 Å². The quantitative estimate of drug-likeness (QED) is 0.300. The van der Waals surface area contributed by atoms with Gasteiger partial charge in [-0.2, -0.15) is 5.26 Å². The molecule has 34 heavy (non-hydrogen) atoms. The van der Waals surface area contributed by atoms with Gasteiger partial charge in [0.25, 0.3) is 0 Å². The molecule has 1 atom stereocenters. The van der Waals surface area contributed by atoms with E-state index in [0.717, 1.165) is 16.8 Å². The minimum Gasteiger partial charge on any atom is -0.331 e. The second kappa shape index (κ2) is 10.7. The number of carbonyl (C=O) groups excluding carboxylic acids is 1. The normalized spacial score (nSPS) is 16.0. The van der Waals surface area contributed by atoms with Crippen LogP contribution in [0.3, 0.4) is 0 Å². The van der Waals surface area contributed by atoms with E-state index in [1.54, 1.807) is 29.2 Å². The number of nitriles is 1. The van der Waals surface area contributed by atoms with Crippen LogP contribution in [-0.2, 0) is 0 Å². The fraction of sp³-hybridized carbons (Fsp3) is 0.192. The maximum Gasteiger partial charge on any atom is 0.321 e. The van der Waals surface area contributed by atoms with Crippen LogP contribution in [0.2, 0.25) is 5.02 Å². The molecule has 3 aromatic carbocycles. The molecule has 172 valence electrons. The van der Waals surface area contributed by atoms with Crippen LogP contribution >= 0.6 is 11.6 Å². The van der Waals surface area contributed by atoms with Crippen molar-refractivity contribution in [1.82, 2.24) is 9.80 Å². The van der Waals surface area contributed by atoms with Crippen molar-refractivity contribution in [3.05, 3.63) is 95.0 Å². The van der Waals surface area contributed by atoms with Crippen molar-refractivity contribution in [2.75, 3.05) is 30.3 Å². The number of benzene rings is 3. The third-order valence-corrected chi connectivity index (χ3v) is 6.02. The molecular formula is C26H25ClN6O. The van der Waals surface area contributed by atoms with E-state index in [1.165, 1.54) is 0 Å². The highest BCUT2D eigenvalue weighted by Crippen LogP contribution is 2.27. The Kier molecular flexibility index (Phi) is 7.31.